The molecule has 12 heteroatoms. The maximum Gasteiger partial charge on any atom is 0.292 e. The quantitative estimate of drug-likeness (QED) is 0.120. The van der Waals surface area contributed by atoms with Crippen LogP contribution in [-0.4, -0.2) is 86.1 Å². The minimum absolute atomic E-state index is 0.211. The number of methoxy groups -OCH3 is 1. The van der Waals surface area contributed by atoms with Crippen LogP contribution >= 0.6 is 11.6 Å². The van der Waals surface area contributed by atoms with Crippen LogP contribution in [0.25, 0.3) is 0 Å². The summed E-state index contributed by atoms with van der Waals surface area (Å²) in [6, 6.07) is 10.3. The fourth-order valence-electron chi connectivity index (χ4n) is 4.77. The summed E-state index contributed by atoms with van der Waals surface area (Å²) < 4.78 is 17.2. The number of nitrogens with one attached hydrogen (secondary N) is 2. The molecule has 0 spiro atoms. The Kier molecular flexibility index (Phi) is 11.8. The molecule has 0 radical (unpaired) electrons. The second-order valence-electron chi connectivity index (χ2n) is 10.0. The molecule has 0 saturated carbocycles. The van der Waals surface area contributed by atoms with Crippen molar-refractivity contribution in [2.45, 2.75) is 19.3 Å². The summed E-state index contributed by atoms with van der Waals surface area (Å²) in [7, 11) is 2.96. The van der Waals surface area contributed by atoms with Crippen LogP contribution in [0.2, 0.25) is 5.02 Å². The second kappa shape index (κ2) is 15.9. The van der Waals surface area contributed by atoms with Crippen LogP contribution in [0, 0.1) is 0 Å². The number of ketones is 1. The lowest BCUT2D eigenvalue weighted by atomic mass is 9.99. The van der Waals surface area contributed by atoms with Crippen LogP contribution in [0.4, 0.5) is 5.69 Å². The van der Waals surface area contributed by atoms with Gasteiger partial charge in [-0.15, -0.1) is 0 Å². The molecule has 0 aliphatic carbocycles. The Labute approximate surface area is 261 Å². The zero-order valence-corrected chi connectivity index (χ0v) is 25.6. The molecule has 1 aliphatic heterocycles. The third-order valence-corrected chi connectivity index (χ3v) is 7.39. The molecule has 11 nitrogen and oxygen atoms in total. The number of ether oxygens (including phenoxy) is 3. The number of carbonyl (C=O) groups is 3. The molecular weight excluding hydrogens is 586 g/mol. The van der Waals surface area contributed by atoms with Gasteiger partial charge in [0.05, 0.1) is 43.3 Å². The average Bonchev–Trinajstić information content (AvgIpc) is 3.05. The first kappa shape index (κ1) is 32.6. The Balaban J connectivity index is 1.55. The Morgan fingerprint density at radius 2 is 1.89 bits per heavy atom. The number of likely N-dealkylation sites (N-methyl/N-ethyl adjacent to an activating group) is 1. The van der Waals surface area contributed by atoms with E-state index in [1.165, 1.54) is 19.3 Å². The van der Waals surface area contributed by atoms with E-state index >= 15 is 0 Å². The standard InChI is InChI=1S/C32H36ClN5O6/c1-4-30(39)37-26-17-22(27(42-3)19-28(26)44-13-7-10-38-11-14-43-15-12-38)18-29-35-20-24(33)25(36-29)16-21-8-5-6-9-23(21)31(40)32(41)34-2/h4-6,8-9,17,19-20H,1,7,10-16,18H2,2-3H3,(H,34,41)(H,37,39). The number of hydrogen-bond donors (Lipinski definition) is 2. The molecule has 1 saturated heterocycles. The molecule has 1 fully saturated rings. The predicted molar refractivity (Wildman–Crippen MR) is 167 cm³/mol. The highest BCUT2D eigenvalue weighted by Gasteiger charge is 2.20. The number of halogens is 1. The number of nitrogens with zero attached hydrogens (tertiary/aromatic N) is 3. The number of benzene rings is 2. The van der Waals surface area contributed by atoms with Crippen molar-refractivity contribution in [2.24, 2.45) is 0 Å². The highest BCUT2D eigenvalue weighted by atomic mass is 35.5. The van der Waals surface area contributed by atoms with Crippen LogP contribution in [0.5, 0.6) is 11.5 Å². The first-order valence-electron chi connectivity index (χ1n) is 14.2. The highest BCUT2D eigenvalue weighted by molar-refractivity contribution is 6.43. The van der Waals surface area contributed by atoms with Crippen molar-refractivity contribution in [3.63, 3.8) is 0 Å². The molecular formula is C32H36ClN5O6. The molecule has 2 N–H and O–H groups in total. The van der Waals surface area contributed by atoms with E-state index in [2.05, 4.69) is 32.1 Å². The largest absolute Gasteiger partial charge is 0.496 e. The zero-order valence-electron chi connectivity index (χ0n) is 24.9. The van der Waals surface area contributed by atoms with Crippen LogP contribution < -0.4 is 20.1 Å². The normalized spacial score (nSPS) is 13.2. The zero-order chi connectivity index (χ0) is 31.5. The van der Waals surface area contributed by atoms with Crippen LogP contribution in [0.1, 0.15) is 39.4 Å². The van der Waals surface area contributed by atoms with Crippen molar-refractivity contribution in [3.05, 3.63) is 88.5 Å². The van der Waals surface area contributed by atoms with Crippen molar-refractivity contribution < 1.29 is 28.6 Å². The van der Waals surface area contributed by atoms with E-state index in [1.54, 1.807) is 43.5 Å². The summed E-state index contributed by atoms with van der Waals surface area (Å²) in [5, 5.41) is 5.51. The number of hydrogen-bond acceptors (Lipinski definition) is 9. The fraction of sp³-hybridized carbons (Fsp3) is 0.344. The average molecular weight is 622 g/mol. The molecule has 232 valence electrons. The number of anilines is 1. The minimum atomic E-state index is -0.706. The molecule has 0 atom stereocenters. The van der Waals surface area contributed by atoms with Crippen molar-refractivity contribution in [1.82, 2.24) is 20.2 Å². The number of rotatable bonds is 14. The molecule has 0 bridgehead atoms. The summed E-state index contributed by atoms with van der Waals surface area (Å²) in [4.78, 5) is 48.3. The highest BCUT2D eigenvalue weighted by Crippen LogP contribution is 2.35. The van der Waals surface area contributed by atoms with E-state index in [0.717, 1.165) is 39.3 Å². The Hall–Kier alpha value is -4.32. The van der Waals surface area contributed by atoms with E-state index in [9.17, 15) is 14.4 Å². The van der Waals surface area contributed by atoms with Gasteiger partial charge in [0.15, 0.2) is 0 Å². The third-order valence-electron chi connectivity index (χ3n) is 7.07. The molecule has 2 amide bonds. The Bertz CT molecular complexity index is 1510. The van der Waals surface area contributed by atoms with Gasteiger partial charge in [-0.2, -0.15) is 0 Å². The summed E-state index contributed by atoms with van der Waals surface area (Å²) in [6.45, 7) is 8.16. The van der Waals surface area contributed by atoms with Gasteiger partial charge in [0.2, 0.25) is 11.7 Å². The van der Waals surface area contributed by atoms with Crippen LogP contribution in [0.3, 0.4) is 0 Å². The maximum atomic E-state index is 12.6. The lowest BCUT2D eigenvalue weighted by Crippen LogP contribution is -2.37. The van der Waals surface area contributed by atoms with Crippen molar-refractivity contribution in [1.29, 1.82) is 0 Å². The lowest BCUT2D eigenvalue weighted by molar-refractivity contribution is -0.116. The van der Waals surface area contributed by atoms with Gasteiger partial charge in [-0.3, -0.25) is 19.3 Å². The number of Topliss-reactive ketones (excluding diaryl/α,β-unsaturated/α-hetero) is 1. The predicted octanol–water partition coefficient (Wildman–Crippen LogP) is 3.47. The molecule has 1 aliphatic rings. The van der Waals surface area contributed by atoms with Crippen molar-refractivity contribution in [3.8, 4) is 11.5 Å². The van der Waals surface area contributed by atoms with Gasteiger partial charge >= 0.3 is 0 Å². The summed E-state index contributed by atoms with van der Waals surface area (Å²) in [5.41, 5.74) is 2.54. The SMILES string of the molecule is C=CC(=O)Nc1cc(Cc2ncc(Cl)c(Cc3ccccc3C(=O)C(=O)NC)n2)c(OC)cc1OCCCN1CCOCC1. The van der Waals surface area contributed by atoms with E-state index in [0.29, 0.717) is 51.5 Å². The fourth-order valence-corrected chi connectivity index (χ4v) is 4.92. The van der Waals surface area contributed by atoms with Gasteiger partial charge in [-0.25, -0.2) is 9.97 Å². The van der Waals surface area contributed by atoms with Gasteiger partial charge in [0.1, 0.15) is 17.3 Å². The number of morpholine rings is 1. The van der Waals surface area contributed by atoms with E-state index in [1.807, 2.05) is 0 Å². The van der Waals surface area contributed by atoms with E-state index in [4.69, 9.17) is 25.8 Å². The monoisotopic (exact) mass is 621 g/mol. The van der Waals surface area contributed by atoms with Crippen molar-refractivity contribution >= 4 is 34.9 Å². The van der Waals surface area contributed by atoms with Gasteiger partial charge in [0.25, 0.3) is 5.91 Å². The first-order chi connectivity index (χ1) is 21.3. The van der Waals surface area contributed by atoms with E-state index < -0.39 is 11.7 Å². The first-order valence-corrected chi connectivity index (χ1v) is 14.6. The van der Waals surface area contributed by atoms with Crippen LogP contribution in [-0.2, 0) is 27.2 Å². The topological polar surface area (TPSA) is 132 Å². The molecule has 44 heavy (non-hydrogen) atoms. The van der Waals surface area contributed by atoms with Gasteiger partial charge in [-0.1, -0.05) is 42.4 Å². The maximum absolute atomic E-state index is 12.6. The number of carbonyl (C=O) groups excluding carboxylic acids is 3. The van der Waals surface area contributed by atoms with Crippen LogP contribution in [0.15, 0.2) is 55.3 Å². The molecule has 2 heterocycles. The molecule has 3 aromatic rings. The molecule has 0 unspecified atom stereocenters. The molecule has 1 aromatic heterocycles. The molecule has 2 aromatic carbocycles. The third kappa shape index (κ3) is 8.62. The minimum Gasteiger partial charge on any atom is -0.496 e. The summed E-state index contributed by atoms with van der Waals surface area (Å²) >= 11 is 6.46. The molecule has 4 rings (SSSR count). The van der Waals surface area contributed by atoms with Crippen molar-refractivity contribution in [2.75, 3.05) is 58.9 Å². The van der Waals surface area contributed by atoms with Gasteiger partial charge < -0.3 is 24.8 Å². The summed E-state index contributed by atoms with van der Waals surface area (Å²) in [5.74, 6) is -0.282. The Morgan fingerprint density at radius 1 is 1.11 bits per heavy atom. The smallest absolute Gasteiger partial charge is 0.292 e. The number of amides is 2. The summed E-state index contributed by atoms with van der Waals surface area (Å²) in [6.07, 6.45) is 3.95. The van der Waals surface area contributed by atoms with E-state index in [-0.39, 0.29) is 24.3 Å². The van der Waals surface area contributed by atoms with Gasteiger partial charge in [0, 0.05) is 62.9 Å². The lowest BCUT2D eigenvalue weighted by Gasteiger charge is -2.26. The van der Waals surface area contributed by atoms with Gasteiger partial charge in [-0.05, 0) is 24.1 Å². The Morgan fingerprint density at radius 3 is 2.61 bits per heavy atom. The number of aromatic nitrogens is 2. The second-order valence-corrected chi connectivity index (χ2v) is 10.4.